The van der Waals surface area contributed by atoms with Gasteiger partial charge in [-0.25, -0.2) is 51.8 Å². The number of ether oxygens (including phenoxy) is 6. The molecule has 10 rings (SSSR count). The van der Waals surface area contributed by atoms with Crippen LogP contribution in [0.3, 0.4) is 0 Å². The number of hydrogen-bond donors (Lipinski definition) is 3. The molecule has 20 nitrogen and oxygen atoms in total. The molecule has 0 aliphatic carbocycles. The smallest absolute Gasteiger partial charge is 0.348 e. The van der Waals surface area contributed by atoms with E-state index < -0.39 is 84.6 Å². The Hall–Kier alpha value is -8.67. The van der Waals surface area contributed by atoms with Crippen LogP contribution in [-0.2, 0) is 39.0 Å². The number of nitrogen functional groups attached to an aromatic ring is 2. The van der Waals surface area contributed by atoms with Crippen molar-refractivity contribution < 1.29 is 66.3 Å². The standard InChI is InChI=1S/C26H23FN4O6.C20H17FO6.C6H5BrN4/c1-25(27)21(36-24(33)17-10-6-3-7-11-17)19(14-35-23(32)16-8-4-2-5-9-16)37-26(25,34)20-13-12-18-22(28)29-15-30-31(18)20;1-20(21)16(27-18(23)14-10-6-3-7-11-14)15(26-19(20)24)12-25-17(22)13-8-4-2-5-9-13;7-5-2-1-4-6(8)9-3-10-11(4)5/h2-13,15,19,21,34H,14H2,1H3,(H2,28,29,30);2-11,15-16H,12H2,1H3;1-3H,(H2,8,9,10)/t19-,21-,25-,26?;15-,16-,20-;/m11./s1. The molecule has 0 bridgehead atoms. The van der Waals surface area contributed by atoms with E-state index in [1.165, 1.54) is 47.2 Å². The zero-order valence-corrected chi connectivity index (χ0v) is 41.2. The van der Waals surface area contributed by atoms with Crippen LogP contribution in [0.25, 0.3) is 11.0 Å². The highest BCUT2D eigenvalue weighted by molar-refractivity contribution is 9.10. The van der Waals surface area contributed by atoms with Gasteiger partial charge in [0, 0.05) is 0 Å². The number of aliphatic hydroxyl groups is 1. The van der Waals surface area contributed by atoms with Crippen LogP contribution < -0.4 is 11.5 Å². The Morgan fingerprint density at radius 3 is 1.51 bits per heavy atom. The Morgan fingerprint density at radius 1 is 0.613 bits per heavy atom. The maximum Gasteiger partial charge on any atom is 0.348 e. The molecule has 386 valence electrons. The van der Waals surface area contributed by atoms with Crippen LogP contribution in [0.4, 0.5) is 20.4 Å². The first kappa shape index (κ1) is 52.6. The molecule has 4 aromatic heterocycles. The average molecular weight is 1090 g/mol. The van der Waals surface area contributed by atoms with Crippen molar-refractivity contribution in [2.75, 3.05) is 24.7 Å². The fourth-order valence-electron chi connectivity index (χ4n) is 7.92. The summed E-state index contributed by atoms with van der Waals surface area (Å²) in [6.45, 7) is 1.06. The van der Waals surface area contributed by atoms with Crippen LogP contribution in [-0.4, -0.2) is 113 Å². The molecule has 75 heavy (non-hydrogen) atoms. The second kappa shape index (κ2) is 22.2. The van der Waals surface area contributed by atoms with E-state index in [1.807, 2.05) is 12.1 Å². The molecule has 5 N–H and O–H groups in total. The van der Waals surface area contributed by atoms with Gasteiger partial charge in [-0.3, -0.25) is 0 Å². The number of esters is 5. The highest BCUT2D eigenvalue weighted by Crippen LogP contribution is 2.49. The van der Waals surface area contributed by atoms with Gasteiger partial charge in [-0.05, 0) is 103 Å². The molecule has 2 aliphatic heterocycles. The second-order valence-corrected chi connectivity index (χ2v) is 17.8. The highest BCUT2D eigenvalue weighted by atomic mass is 79.9. The molecule has 0 amide bonds. The monoisotopic (exact) mass is 1090 g/mol. The number of anilines is 2. The fourth-order valence-corrected chi connectivity index (χ4v) is 8.34. The average Bonchev–Trinajstić information content (AvgIpc) is 4.18. The van der Waals surface area contributed by atoms with Crippen molar-refractivity contribution in [3.05, 3.63) is 191 Å². The Bertz CT molecular complexity index is 3340. The maximum absolute atomic E-state index is 16.6. The lowest BCUT2D eigenvalue weighted by Gasteiger charge is -2.32. The third-order valence-electron chi connectivity index (χ3n) is 11.9. The first-order valence-electron chi connectivity index (χ1n) is 22.7. The summed E-state index contributed by atoms with van der Waals surface area (Å²) < 4.78 is 67.0. The first-order chi connectivity index (χ1) is 35.9. The molecule has 7 atom stereocenters. The van der Waals surface area contributed by atoms with Crippen molar-refractivity contribution in [2.45, 2.75) is 55.4 Å². The number of aromatic nitrogens is 6. The number of fused-ring (bicyclic) bond motifs is 2. The Labute approximate surface area is 433 Å². The van der Waals surface area contributed by atoms with Crippen LogP contribution in [0.15, 0.2) is 163 Å². The van der Waals surface area contributed by atoms with E-state index in [4.69, 9.17) is 39.9 Å². The van der Waals surface area contributed by atoms with Gasteiger partial charge >= 0.3 is 29.8 Å². The van der Waals surface area contributed by atoms with Crippen LogP contribution in [0, 0.1) is 0 Å². The first-order valence-corrected chi connectivity index (χ1v) is 23.5. The predicted molar refractivity (Wildman–Crippen MR) is 265 cm³/mol. The molecule has 0 saturated carbocycles. The summed E-state index contributed by atoms with van der Waals surface area (Å²) in [6.07, 6.45) is -3.25. The summed E-state index contributed by atoms with van der Waals surface area (Å²) in [6, 6.07) is 38.9. The van der Waals surface area contributed by atoms with Crippen molar-refractivity contribution in [1.29, 1.82) is 0 Å². The molecule has 2 saturated heterocycles. The number of benzene rings is 4. The van der Waals surface area contributed by atoms with E-state index in [9.17, 15) is 33.5 Å². The van der Waals surface area contributed by atoms with E-state index in [1.54, 1.807) is 102 Å². The van der Waals surface area contributed by atoms with Gasteiger partial charge in [0.05, 0.1) is 22.3 Å². The molecular weight excluding hydrogens is 1050 g/mol. The molecular formula is C52H45BrF2N8O12. The normalized spacial score (nSPS) is 22.7. The Morgan fingerprint density at radius 2 is 1.03 bits per heavy atom. The van der Waals surface area contributed by atoms with E-state index in [0.29, 0.717) is 16.9 Å². The molecule has 1 unspecified atom stereocenters. The number of carbonyl (C=O) groups is 5. The molecule has 23 heteroatoms. The lowest BCUT2D eigenvalue weighted by molar-refractivity contribution is -0.256. The summed E-state index contributed by atoms with van der Waals surface area (Å²) in [5, 5.41) is 19.7. The van der Waals surface area contributed by atoms with E-state index >= 15 is 4.39 Å². The van der Waals surface area contributed by atoms with E-state index in [-0.39, 0.29) is 28.2 Å². The number of cyclic esters (lactones) is 1. The maximum atomic E-state index is 16.6. The number of carbonyl (C=O) groups excluding carboxylic acids is 5. The summed E-state index contributed by atoms with van der Waals surface area (Å²) in [4.78, 5) is 69.2. The van der Waals surface area contributed by atoms with Crippen molar-refractivity contribution in [3.63, 3.8) is 0 Å². The molecule has 2 aliphatic rings. The minimum absolute atomic E-state index is 0.101. The summed E-state index contributed by atoms with van der Waals surface area (Å²) in [7, 11) is 0. The van der Waals surface area contributed by atoms with E-state index in [0.717, 1.165) is 30.3 Å². The summed E-state index contributed by atoms with van der Waals surface area (Å²) >= 11 is 3.32. The topological polar surface area (TPSA) is 273 Å². The summed E-state index contributed by atoms with van der Waals surface area (Å²) in [5.41, 5.74) is 8.15. The van der Waals surface area contributed by atoms with Gasteiger partial charge in [-0.2, -0.15) is 10.2 Å². The van der Waals surface area contributed by atoms with Gasteiger partial charge in [0.15, 0.2) is 29.9 Å². The molecule has 4 aromatic carbocycles. The van der Waals surface area contributed by atoms with Gasteiger partial charge < -0.3 is 45.0 Å². The number of nitrogens with zero attached hydrogens (tertiary/aromatic N) is 6. The lowest BCUT2D eigenvalue weighted by Crippen LogP contribution is -2.51. The van der Waals surface area contributed by atoms with Gasteiger partial charge in [0.25, 0.3) is 0 Å². The molecule has 8 aromatic rings. The minimum atomic E-state index is -2.71. The minimum Gasteiger partial charge on any atom is -0.459 e. The van der Waals surface area contributed by atoms with Crippen LogP contribution in [0.2, 0.25) is 0 Å². The van der Waals surface area contributed by atoms with Gasteiger partial charge in [-0.15, -0.1) is 0 Å². The second-order valence-electron chi connectivity index (χ2n) is 17.0. The zero-order valence-electron chi connectivity index (χ0n) is 39.6. The number of hydrogen-bond acceptors (Lipinski definition) is 18. The Balaban J connectivity index is 0.000000170. The molecule has 6 heterocycles. The molecule has 0 spiro atoms. The largest absolute Gasteiger partial charge is 0.459 e. The molecule has 0 radical (unpaired) electrons. The quantitative estimate of drug-likeness (QED) is 0.0925. The van der Waals surface area contributed by atoms with Crippen molar-refractivity contribution in [2.24, 2.45) is 0 Å². The van der Waals surface area contributed by atoms with Gasteiger partial charge in [0.2, 0.25) is 17.1 Å². The van der Waals surface area contributed by atoms with Crippen LogP contribution in [0.1, 0.15) is 61.0 Å². The lowest BCUT2D eigenvalue weighted by atomic mass is 9.89. The third-order valence-corrected chi connectivity index (χ3v) is 12.5. The summed E-state index contributed by atoms with van der Waals surface area (Å²) in [5.74, 6) is -6.24. The van der Waals surface area contributed by atoms with Crippen LogP contribution >= 0.6 is 15.9 Å². The van der Waals surface area contributed by atoms with Gasteiger partial charge in [-0.1, -0.05) is 72.8 Å². The van der Waals surface area contributed by atoms with Crippen molar-refractivity contribution >= 4 is 68.4 Å². The fraction of sp³-hybridized carbons (Fsp3) is 0.212. The zero-order chi connectivity index (χ0) is 53.5. The number of nitrogens with two attached hydrogens (primary N) is 2. The number of halogens is 3. The third kappa shape index (κ3) is 11.1. The predicted octanol–water partition coefficient (Wildman–Crippen LogP) is 6.46. The van der Waals surface area contributed by atoms with Crippen molar-refractivity contribution in [1.82, 2.24) is 29.2 Å². The SMILES string of the molecule is C[C@@]1(F)[C@H](OC(=O)c2ccccc2)[C@@H](COC(=O)c2ccccc2)OC1(O)c1ccc2c(N)ncnn12.C[C@]1(F)C(=O)O[C@H](COC(=O)c2ccccc2)[C@H]1OC(=O)c1ccccc1.Nc1ncnn2c(Br)ccc12. The van der Waals surface area contributed by atoms with Crippen LogP contribution in [0.5, 0.6) is 0 Å². The van der Waals surface area contributed by atoms with Gasteiger partial charge in [0.1, 0.15) is 53.3 Å². The number of alkyl halides is 2. The number of rotatable bonds is 11. The molecule has 2 fully saturated rings. The van der Waals surface area contributed by atoms with E-state index in [2.05, 4.69) is 36.1 Å². The Kier molecular flexibility index (Phi) is 15.6. The highest BCUT2D eigenvalue weighted by Gasteiger charge is 2.68. The van der Waals surface area contributed by atoms with Crippen molar-refractivity contribution in [3.8, 4) is 0 Å².